The molecule has 0 saturated carbocycles. The first kappa shape index (κ1) is 23.3. The van der Waals surface area contributed by atoms with Crippen molar-refractivity contribution in [3.05, 3.63) is 77.6 Å². The van der Waals surface area contributed by atoms with Gasteiger partial charge in [0.15, 0.2) is 5.82 Å². The zero-order valence-electron chi connectivity index (χ0n) is 18.0. The number of hydrogen-bond acceptors (Lipinski definition) is 6. The molecule has 4 aromatic rings. The Morgan fingerprint density at radius 2 is 2.00 bits per heavy atom. The summed E-state index contributed by atoms with van der Waals surface area (Å²) in [4.78, 5) is 21.6. The molecule has 4 rings (SSSR count). The number of ketones is 1. The van der Waals surface area contributed by atoms with Crippen molar-refractivity contribution in [2.24, 2.45) is 0 Å². The van der Waals surface area contributed by atoms with Crippen molar-refractivity contribution >= 4 is 46.4 Å². The molecule has 0 unspecified atom stereocenters. The van der Waals surface area contributed by atoms with Crippen LogP contribution in [-0.2, 0) is 0 Å². The quantitative estimate of drug-likeness (QED) is 0.144. The predicted molar refractivity (Wildman–Crippen MR) is 133 cm³/mol. The molecule has 2 aromatic heterocycles. The minimum absolute atomic E-state index is 0.0794. The maximum absolute atomic E-state index is 15.1. The number of H-pyrrole nitrogens is 1. The van der Waals surface area contributed by atoms with Crippen molar-refractivity contribution in [2.75, 3.05) is 17.5 Å². The SMILES string of the molecule is CCCSNc1ccc(F)c(C(=O)c2c[nH]c3ncc(-c4cccc(SNC)c4)cc23)c1F. The lowest BCUT2D eigenvalue weighted by molar-refractivity contribution is 0.103. The summed E-state index contributed by atoms with van der Waals surface area (Å²) in [6, 6.07) is 12.1. The standard InChI is InChI=1S/C24H22F2N4OS2/c1-3-9-32-30-20-8-7-19(25)21(22(20)26)23(31)18-13-29-24-17(18)11-15(12-28-24)14-5-4-6-16(10-14)33-27-2/h4-8,10-13,27,30H,3,9H2,1-2H3,(H,28,29). The lowest BCUT2D eigenvalue weighted by Gasteiger charge is -2.10. The van der Waals surface area contributed by atoms with Gasteiger partial charge in [0.1, 0.15) is 11.5 Å². The van der Waals surface area contributed by atoms with Gasteiger partial charge in [-0.2, -0.15) is 0 Å². The van der Waals surface area contributed by atoms with Gasteiger partial charge < -0.3 is 9.71 Å². The third kappa shape index (κ3) is 4.90. The Morgan fingerprint density at radius 1 is 1.15 bits per heavy atom. The van der Waals surface area contributed by atoms with Crippen LogP contribution < -0.4 is 9.44 Å². The zero-order chi connectivity index (χ0) is 23.4. The number of rotatable bonds is 9. The first-order valence-corrected chi connectivity index (χ1v) is 12.1. The largest absolute Gasteiger partial charge is 0.345 e. The number of anilines is 1. The number of nitrogens with one attached hydrogen (secondary N) is 3. The smallest absolute Gasteiger partial charge is 0.201 e. The molecule has 0 atom stereocenters. The minimum Gasteiger partial charge on any atom is -0.345 e. The molecule has 0 aliphatic carbocycles. The van der Waals surface area contributed by atoms with Gasteiger partial charge in [0.25, 0.3) is 0 Å². The number of carbonyl (C=O) groups excluding carboxylic acids is 1. The number of fused-ring (bicyclic) bond motifs is 1. The van der Waals surface area contributed by atoms with Gasteiger partial charge in [-0.3, -0.25) is 9.52 Å². The third-order valence-electron chi connectivity index (χ3n) is 4.97. The van der Waals surface area contributed by atoms with Gasteiger partial charge in [-0.25, -0.2) is 13.8 Å². The molecule has 0 radical (unpaired) electrons. The third-order valence-corrected chi connectivity index (χ3v) is 6.64. The maximum Gasteiger partial charge on any atom is 0.201 e. The van der Waals surface area contributed by atoms with Gasteiger partial charge in [-0.05, 0) is 61.3 Å². The molecule has 2 heterocycles. The van der Waals surface area contributed by atoms with Crippen LogP contribution in [0.4, 0.5) is 14.5 Å². The maximum atomic E-state index is 15.1. The summed E-state index contributed by atoms with van der Waals surface area (Å²) in [7, 11) is 1.84. The van der Waals surface area contributed by atoms with E-state index in [2.05, 4.69) is 19.4 Å². The number of aromatic amines is 1. The number of pyridine rings is 1. The Kier molecular flexibility index (Phi) is 7.32. The van der Waals surface area contributed by atoms with Crippen LogP contribution >= 0.6 is 23.9 Å². The van der Waals surface area contributed by atoms with Gasteiger partial charge in [0.05, 0.1) is 11.3 Å². The molecule has 0 bridgehead atoms. The molecule has 0 amide bonds. The highest BCUT2D eigenvalue weighted by atomic mass is 32.2. The van der Waals surface area contributed by atoms with E-state index >= 15 is 4.39 Å². The highest BCUT2D eigenvalue weighted by molar-refractivity contribution is 8.00. The van der Waals surface area contributed by atoms with E-state index in [1.54, 1.807) is 6.20 Å². The first-order chi connectivity index (χ1) is 16.0. The van der Waals surface area contributed by atoms with Gasteiger partial charge in [0.2, 0.25) is 5.78 Å². The van der Waals surface area contributed by atoms with Crippen molar-refractivity contribution in [2.45, 2.75) is 18.2 Å². The second-order valence-corrected chi connectivity index (χ2v) is 9.20. The molecule has 5 nitrogen and oxygen atoms in total. The van der Waals surface area contributed by atoms with E-state index in [-0.39, 0.29) is 11.3 Å². The second kappa shape index (κ2) is 10.4. The molecule has 0 aliphatic rings. The number of hydrogen-bond donors (Lipinski definition) is 3. The van der Waals surface area contributed by atoms with E-state index in [9.17, 15) is 9.18 Å². The Morgan fingerprint density at radius 3 is 2.79 bits per heavy atom. The molecule has 170 valence electrons. The molecular weight excluding hydrogens is 462 g/mol. The summed E-state index contributed by atoms with van der Waals surface area (Å²) >= 11 is 2.79. The zero-order valence-corrected chi connectivity index (χ0v) is 19.7. The van der Waals surface area contributed by atoms with E-state index in [0.717, 1.165) is 34.3 Å². The van der Waals surface area contributed by atoms with Crippen molar-refractivity contribution in [1.82, 2.24) is 14.7 Å². The molecule has 3 N–H and O–H groups in total. The first-order valence-electron chi connectivity index (χ1n) is 10.3. The van der Waals surface area contributed by atoms with Crippen molar-refractivity contribution in [3.63, 3.8) is 0 Å². The summed E-state index contributed by atoms with van der Waals surface area (Å²) in [5, 5.41) is 0.502. The van der Waals surface area contributed by atoms with E-state index in [1.807, 2.05) is 44.3 Å². The van der Waals surface area contributed by atoms with Gasteiger partial charge in [0, 0.05) is 39.6 Å². The summed E-state index contributed by atoms with van der Waals surface area (Å²) < 4.78 is 35.6. The van der Waals surface area contributed by atoms with Gasteiger partial charge in [-0.15, -0.1) is 0 Å². The number of halogens is 2. The average molecular weight is 485 g/mol. The van der Waals surface area contributed by atoms with Crippen LogP contribution in [0, 0.1) is 11.6 Å². The highest BCUT2D eigenvalue weighted by Crippen LogP contribution is 2.31. The normalized spacial score (nSPS) is 11.2. The van der Waals surface area contributed by atoms with Crippen LogP contribution in [0.3, 0.4) is 0 Å². The molecule has 33 heavy (non-hydrogen) atoms. The fourth-order valence-electron chi connectivity index (χ4n) is 3.41. The summed E-state index contributed by atoms with van der Waals surface area (Å²) in [5.41, 5.74) is 1.84. The van der Waals surface area contributed by atoms with Crippen LogP contribution in [-0.4, -0.2) is 28.6 Å². The fourth-order valence-corrected chi connectivity index (χ4v) is 4.60. The Hall–Kier alpha value is -2.88. The monoisotopic (exact) mass is 484 g/mol. The summed E-state index contributed by atoms with van der Waals surface area (Å²) in [6.07, 6.45) is 4.04. The van der Waals surface area contributed by atoms with E-state index in [0.29, 0.717) is 11.0 Å². The number of nitrogens with zero attached hydrogens (tertiary/aromatic N) is 1. The molecule has 0 spiro atoms. The Bertz CT molecular complexity index is 1310. The number of carbonyl (C=O) groups is 1. The average Bonchev–Trinajstić information content (AvgIpc) is 3.24. The molecular formula is C24H22F2N4OS2. The topological polar surface area (TPSA) is 69.8 Å². The lowest BCUT2D eigenvalue weighted by atomic mass is 10.00. The molecule has 0 fully saturated rings. The van der Waals surface area contributed by atoms with Crippen LogP contribution in [0.15, 0.2) is 59.8 Å². The number of aromatic nitrogens is 2. The van der Waals surface area contributed by atoms with Crippen LogP contribution in [0.25, 0.3) is 22.2 Å². The van der Waals surface area contributed by atoms with Crippen LogP contribution in [0.2, 0.25) is 0 Å². The fraction of sp³-hybridized carbons (Fsp3) is 0.167. The van der Waals surface area contributed by atoms with Gasteiger partial charge in [-0.1, -0.05) is 31.0 Å². The highest BCUT2D eigenvalue weighted by Gasteiger charge is 2.24. The summed E-state index contributed by atoms with van der Waals surface area (Å²) in [5.74, 6) is -1.79. The van der Waals surface area contributed by atoms with Crippen LogP contribution in [0.5, 0.6) is 0 Å². The predicted octanol–water partition coefficient (Wildman–Crippen LogP) is 6.44. The lowest BCUT2D eigenvalue weighted by Crippen LogP contribution is -2.09. The second-order valence-electron chi connectivity index (χ2n) is 7.22. The van der Waals surface area contributed by atoms with Crippen LogP contribution in [0.1, 0.15) is 29.3 Å². The van der Waals surface area contributed by atoms with Crippen molar-refractivity contribution in [1.29, 1.82) is 0 Å². The molecule has 2 aromatic carbocycles. The van der Waals surface area contributed by atoms with E-state index < -0.39 is 23.0 Å². The molecule has 0 aliphatic heterocycles. The Labute approximate surface area is 199 Å². The van der Waals surface area contributed by atoms with Crippen molar-refractivity contribution < 1.29 is 13.6 Å². The minimum atomic E-state index is -0.904. The van der Waals surface area contributed by atoms with Gasteiger partial charge >= 0.3 is 0 Å². The van der Waals surface area contributed by atoms with E-state index in [1.165, 1.54) is 36.2 Å². The molecule has 0 saturated heterocycles. The Balaban J connectivity index is 1.73. The van der Waals surface area contributed by atoms with E-state index in [4.69, 9.17) is 0 Å². The summed E-state index contributed by atoms with van der Waals surface area (Å²) in [6.45, 7) is 2.00. The van der Waals surface area contributed by atoms with Crippen molar-refractivity contribution in [3.8, 4) is 11.1 Å². The number of benzene rings is 2. The molecule has 9 heteroatoms.